The monoisotopic (exact) mass is 312 g/mol. The summed E-state index contributed by atoms with van der Waals surface area (Å²) >= 11 is 0. The van der Waals surface area contributed by atoms with E-state index in [0.717, 1.165) is 0 Å². The summed E-state index contributed by atoms with van der Waals surface area (Å²) in [7, 11) is 1.27. The van der Waals surface area contributed by atoms with Crippen LogP contribution >= 0.6 is 0 Å². The van der Waals surface area contributed by atoms with Crippen molar-refractivity contribution in [1.82, 2.24) is 10.3 Å². The first-order chi connectivity index (χ1) is 9.97. The van der Waals surface area contributed by atoms with Crippen LogP contribution in [0.15, 0.2) is 10.7 Å². The minimum absolute atomic E-state index is 0.0926. The second-order valence-corrected chi connectivity index (χ2v) is 6.62. The number of alkyl carbamates (subject to hydrolysis) is 1. The molecular weight excluding hydrogens is 288 g/mol. The van der Waals surface area contributed by atoms with Gasteiger partial charge in [-0.2, -0.15) is 0 Å². The van der Waals surface area contributed by atoms with E-state index in [4.69, 9.17) is 9.15 Å². The van der Waals surface area contributed by atoms with Gasteiger partial charge in [0, 0.05) is 6.04 Å². The molecule has 0 unspecified atom stereocenters. The number of carbonyl (C=O) groups is 2. The predicted molar refractivity (Wildman–Crippen MR) is 79.7 cm³/mol. The molecule has 7 heteroatoms. The molecule has 1 aromatic rings. The Labute approximate surface area is 130 Å². The molecule has 0 aliphatic heterocycles. The largest absolute Gasteiger partial charge is 0.464 e. The van der Waals surface area contributed by atoms with Gasteiger partial charge in [0.05, 0.1) is 12.5 Å². The molecule has 0 radical (unpaired) electrons. The molecule has 0 aliphatic carbocycles. The fourth-order valence-corrected chi connectivity index (χ4v) is 1.62. The summed E-state index contributed by atoms with van der Waals surface area (Å²) in [5, 5.41) is 2.75. The van der Waals surface area contributed by atoms with E-state index < -0.39 is 23.1 Å². The highest BCUT2D eigenvalue weighted by Crippen LogP contribution is 2.27. The summed E-state index contributed by atoms with van der Waals surface area (Å²) in [6, 6.07) is -0.327. The summed E-state index contributed by atoms with van der Waals surface area (Å²) in [5.74, 6) is -0.241. The van der Waals surface area contributed by atoms with E-state index in [0.29, 0.717) is 5.89 Å². The molecule has 1 heterocycles. The molecule has 7 nitrogen and oxygen atoms in total. The first-order valence-corrected chi connectivity index (χ1v) is 7.01. The second kappa shape index (κ2) is 6.37. The van der Waals surface area contributed by atoms with Crippen LogP contribution in [0.4, 0.5) is 4.79 Å². The molecule has 1 amide bonds. The summed E-state index contributed by atoms with van der Waals surface area (Å²) in [6.07, 6.45) is 0.719. The van der Waals surface area contributed by atoms with Gasteiger partial charge >= 0.3 is 12.1 Å². The highest BCUT2D eigenvalue weighted by Gasteiger charge is 2.35. The maximum absolute atomic E-state index is 11.8. The second-order valence-electron chi connectivity index (χ2n) is 6.62. The fourth-order valence-electron chi connectivity index (χ4n) is 1.62. The molecule has 1 rings (SSSR count). The van der Waals surface area contributed by atoms with E-state index in [-0.39, 0.29) is 11.7 Å². The maximum atomic E-state index is 11.8. The number of methoxy groups -OCH3 is 1. The summed E-state index contributed by atoms with van der Waals surface area (Å²) in [5.41, 5.74) is -1.12. The van der Waals surface area contributed by atoms with E-state index >= 15 is 0 Å². The van der Waals surface area contributed by atoms with E-state index in [1.54, 1.807) is 20.8 Å². The molecule has 0 bridgehead atoms. The van der Waals surface area contributed by atoms with Crippen molar-refractivity contribution in [2.75, 3.05) is 7.11 Å². The number of rotatable bonds is 4. The number of nitrogens with one attached hydrogen (secondary N) is 1. The molecule has 0 spiro atoms. The molecule has 1 atom stereocenters. The average molecular weight is 312 g/mol. The topological polar surface area (TPSA) is 90.7 Å². The van der Waals surface area contributed by atoms with Crippen molar-refractivity contribution in [3.63, 3.8) is 0 Å². The molecular formula is C15H24N2O5. The number of carbonyl (C=O) groups excluding carboxylic acids is 2. The van der Waals surface area contributed by atoms with Crippen molar-refractivity contribution in [1.29, 1.82) is 0 Å². The quantitative estimate of drug-likeness (QED) is 0.859. The average Bonchev–Trinajstić information content (AvgIpc) is 2.85. The van der Waals surface area contributed by atoms with Crippen LogP contribution in [0.3, 0.4) is 0 Å². The van der Waals surface area contributed by atoms with Crippen molar-refractivity contribution in [2.24, 2.45) is 0 Å². The van der Waals surface area contributed by atoms with Gasteiger partial charge in [-0.3, -0.25) is 0 Å². The lowest BCUT2D eigenvalue weighted by atomic mass is 9.85. The Bertz CT molecular complexity index is 542. The van der Waals surface area contributed by atoms with Crippen LogP contribution in [0.25, 0.3) is 0 Å². The molecule has 0 aliphatic rings. The summed E-state index contributed by atoms with van der Waals surface area (Å²) in [6.45, 7) is 10.9. The number of hydrogen-bond donors (Lipinski definition) is 1. The molecule has 0 aromatic carbocycles. The zero-order valence-corrected chi connectivity index (χ0v) is 14.1. The van der Waals surface area contributed by atoms with Crippen LogP contribution < -0.4 is 5.32 Å². The van der Waals surface area contributed by atoms with Gasteiger partial charge in [-0.05, 0) is 41.5 Å². The van der Waals surface area contributed by atoms with Crippen LogP contribution in [0.5, 0.6) is 0 Å². The van der Waals surface area contributed by atoms with Gasteiger partial charge < -0.3 is 19.2 Å². The lowest BCUT2D eigenvalue weighted by molar-refractivity contribution is 0.0482. The Morgan fingerprint density at radius 2 is 1.86 bits per heavy atom. The van der Waals surface area contributed by atoms with Crippen molar-refractivity contribution >= 4 is 12.1 Å². The number of ether oxygens (including phenoxy) is 2. The Kier molecular flexibility index (Phi) is 5.22. The van der Waals surface area contributed by atoms with E-state index in [9.17, 15) is 9.59 Å². The lowest BCUT2D eigenvalue weighted by Crippen LogP contribution is -2.47. The van der Waals surface area contributed by atoms with Crippen molar-refractivity contribution in [3.05, 3.63) is 17.8 Å². The Balaban J connectivity index is 2.82. The SMILES string of the molecule is COC(=O)c1coc(C(C)(C)[C@@H](C)NC(=O)OC(C)(C)C)n1. The molecule has 1 aromatic heterocycles. The normalized spacial score (nSPS) is 13.4. The lowest BCUT2D eigenvalue weighted by Gasteiger charge is -2.30. The van der Waals surface area contributed by atoms with Gasteiger partial charge in [-0.1, -0.05) is 0 Å². The Hall–Kier alpha value is -2.05. The Morgan fingerprint density at radius 3 is 2.36 bits per heavy atom. The first kappa shape index (κ1) is 18.0. The highest BCUT2D eigenvalue weighted by atomic mass is 16.6. The zero-order valence-electron chi connectivity index (χ0n) is 14.1. The van der Waals surface area contributed by atoms with Crippen LogP contribution in [0.1, 0.15) is 57.9 Å². The molecule has 124 valence electrons. The third-order valence-corrected chi connectivity index (χ3v) is 3.27. The number of oxazole rings is 1. The van der Waals surface area contributed by atoms with E-state index in [1.807, 2.05) is 20.8 Å². The number of nitrogens with zero attached hydrogens (tertiary/aromatic N) is 1. The van der Waals surface area contributed by atoms with Crippen LogP contribution in [0.2, 0.25) is 0 Å². The summed E-state index contributed by atoms with van der Waals surface area (Å²) in [4.78, 5) is 27.4. The first-order valence-electron chi connectivity index (χ1n) is 7.01. The molecule has 1 N–H and O–H groups in total. The van der Waals surface area contributed by atoms with Gasteiger partial charge in [0.1, 0.15) is 11.9 Å². The van der Waals surface area contributed by atoms with E-state index in [2.05, 4.69) is 15.0 Å². The van der Waals surface area contributed by atoms with Gasteiger partial charge in [0.15, 0.2) is 5.69 Å². The van der Waals surface area contributed by atoms with Crippen molar-refractivity contribution in [2.45, 2.75) is 58.6 Å². The fraction of sp³-hybridized carbons (Fsp3) is 0.667. The van der Waals surface area contributed by atoms with Crippen LogP contribution in [-0.4, -0.2) is 35.8 Å². The predicted octanol–water partition coefficient (Wildman–Crippen LogP) is 2.65. The van der Waals surface area contributed by atoms with Crippen molar-refractivity contribution in [3.8, 4) is 0 Å². The Morgan fingerprint density at radius 1 is 1.27 bits per heavy atom. The molecule has 0 saturated carbocycles. The minimum atomic E-state index is -0.636. The standard InChI is InChI=1S/C15H24N2O5/c1-9(16-13(19)22-14(2,3)4)15(5,6)12-17-10(8-21-12)11(18)20-7/h8-9H,1-7H3,(H,16,19)/t9-/m1/s1. The molecule has 0 saturated heterocycles. The third kappa shape index (κ3) is 4.47. The van der Waals surface area contributed by atoms with Gasteiger partial charge in [0.25, 0.3) is 0 Å². The zero-order chi connectivity index (χ0) is 17.1. The maximum Gasteiger partial charge on any atom is 0.407 e. The number of hydrogen-bond acceptors (Lipinski definition) is 6. The molecule has 0 fully saturated rings. The van der Waals surface area contributed by atoms with Crippen LogP contribution in [-0.2, 0) is 14.9 Å². The third-order valence-electron chi connectivity index (χ3n) is 3.27. The highest BCUT2D eigenvalue weighted by molar-refractivity contribution is 5.86. The van der Waals surface area contributed by atoms with E-state index in [1.165, 1.54) is 13.4 Å². The van der Waals surface area contributed by atoms with Gasteiger partial charge in [-0.15, -0.1) is 0 Å². The number of amides is 1. The number of aromatic nitrogens is 1. The minimum Gasteiger partial charge on any atom is -0.464 e. The smallest absolute Gasteiger partial charge is 0.407 e. The van der Waals surface area contributed by atoms with Crippen LogP contribution in [0, 0.1) is 0 Å². The van der Waals surface area contributed by atoms with Gasteiger partial charge in [0.2, 0.25) is 5.89 Å². The summed E-state index contributed by atoms with van der Waals surface area (Å²) < 4.78 is 15.2. The number of esters is 1. The molecule has 22 heavy (non-hydrogen) atoms. The van der Waals surface area contributed by atoms with Crippen molar-refractivity contribution < 1.29 is 23.5 Å². The van der Waals surface area contributed by atoms with Gasteiger partial charge in [-0.25, -0.2) is 14.6 Å².